The van der Waals surface area contributed by atoms with Crippen LogP contribution in [-0.2, 0) is 22.3 Å². The molecule has 0 amide bonds. The highest BCUT2D eigenvalue weighted by Crippen LogP contribution is 2.18. The number of rotatable bonds is 6. The molecule has 5 heteroatoms. The van der Waals surface area contributed by atoms with Crippen molar-refractivity contribution in [1.29, 1.82) is 0 Å². The molecule has 0 atom stereocenters. The highest BCUT2D eigenvalue weighted by atomic mass is 16.7. The predicted octanol–water partition coefficient (Wildman–Crippen LogP) is 2.44. The molecule has 116 valence electrons. The molecule has 1 fully saturated rings. The molecule has 1 aromatic heterocycles. The van der Waals surface area contributed by atoms with Crippen LogP contribution < -0.4 is 5.32 Å². The van der Waals surface area contributed by atoms with E-state index >= 15 is 0 Å². The van der Waals surface area contributed by atoms with Gasteiger partial charge in [-0.15, -0.1) is 0 Å². The molecule has 1 aromatic carbocycles. The van der Waals surface area contributed by atoms with Crippen LogP contribution in [0.5, 0.6) is 0 Å². The van der Waals surface area contributed by atoms with Gasteiger partial charge in [-0.25, -0.2) is 9.97 Å². The zero-order valence-electron chi connectivity index (χ0n) is 12.8. The second kappa shape index (κ2) is 6.85. The number of anilines is 1. The van der Waals surface area contributed by atoms with E-state index in [2.05, 4.69) is 39.6 Å². The van der Waals surface area contributed by atoms with Crippen molar-refractivity contribution < 1.29 is 9.47 Å². The Kier molecular flexibility index (Phi) is 4.65. The third-order valence-corrected chi connectivity index (χ3v) is 3.67. The maximum absolute atomic E-state index is 5.57. The first kappa shape index (κ1) is 14.9. The summed E-state index contributed by atoms with van der Waals surface area (Å²) in [4.78, 5) is 8.88. The predicted molar refractivity (Wildman–Crippen MR) is 84.7 cm³/mol. The van der Waals surface area contributed by atoms with Gasteiger partial charge in [0, 0.05) is 12.6 Å². The summed E-state index contributed by atoms with van der Waals surface area (Å²) in [6.45, 7) is 3.79. The minimum absolute atomic E-state index is 0.560. The van der Waals surface area contributed by atoms with Gasteiger partial charge < -0.3 is 14.8 Å². The molecule has 0 bridgehead atoms. The molecule has 1 aliphatic rings. The molecule has 0 saturated carbocycles. The number of ether oxygens (including phenoxy) is 2. The lowest BCUT2D eigenvalue weighted by molar-refractivity contribution is -0.129. The lowest BCUT2D eigenvalue weighted by Crippen LogP contribution is -2.34. The van der Waals surface area contributed by atoms with Crippen LogP contribution >= 0.6 is 0 Å². The van der Waals surface area contributed by atoms with E-state index in [0.29, 0.717) is 19.8 Å². The van der Waals surface area contributed by atoms with Crippen molar-refractivity contribution in [3.63, 3.8) is 0 Å². The molecular weight excluding hydrogens is 278 g/mol. The summed E-state index contributed by atoms with van der Waals surface area (Å²) in [6, 6.07) is 12.2. The van der Waals surface area contributed by atoms with Gasteiger partial charge in [0.1, 0.15) is 11.6 Å². The summed E-state index contributed by atoms with van der Waals surface area (Å²) in [5.41, 5.74) is 1.30. The van der Waals surface area contributed by atoms with Crippen molar-refractivity contribution in [2.75, 3.05) is 25.1 Å². The molecule has 0 unspecified atom stereocenters. The fraction of sp³-hybridized carbons (Fsp3) is 0.412. The van der Waals surface area contributed by atoms with Gasteiger partial charge in [0.2, 0.25) is 0 Å². The second-order valence-corrected chi connectivity index (χ2v) is 5.53. The molecule has 0 aliphatic carbocycles. The monoisotopic (exact) mass is 299 g/mol. The molecule has 3 rings (SSSR count). The number of nitrogens with zero attached hydrogens (tertiary/aromatic N) is 2. The number of nitrogens with one attached hydrogen (secondary N) is 1. The Hall–Kier alpha value is -1.98. The topological polar surface area (TPSA) is 56.3 Å². The van der Waals surface area contributed by atoms with E-state index < -0.39 is 5.79 Å². The Labute approximate surface area is 130 Å². The zero-order chi connectivity index (χ0) is 15.3. The third-order valence-electron chi connectivity index (χ3n) is 3.67. The van der Waals surface area contributed by atoms with Gasteiger partial charge in [0.05, 0.1) is 19.8 Å². The first-order valence-electron chi connectivity index (χ1n) is 7.61. The molecule has 1 N–H and O–H groups in total. The number of hydrogen-bond acceptors (Lipinski definition) is 5. The summed E-state index contributed by atoms with van der Waals surface area (Å²) in [7, 11) is 0. The van der Waals surface area contributed by atoms with Gasteiger partial charge in [-0.1, -0.05) is 30.3 Å². The van der Waals surface area contributed by atoms with Crippen LogP contribution in [0.4, 0.5) is 5.82 Å². The average Bonchev–Trinajstić information content (AvgIpc) is 3.00. The molecule has 0 radical (unpaired) electrons. The Morgan fingerprint density at radius 3 is 2.64 bits per heavy atom. The lowest BCUT2D eigenvalue weighted by Gasteiger charge is -2.22. The summed E-state index contributed by atoms with van der Waals surface area (Å²) in [5, 5.41) is 3.26. The Bertz CT molecular complexity index is 598. The Morgan fingerprint density at radius 2 is 1.86 bits per heavy atom. The molecule has 0 spiro atoms. The van der Waals surface area contributed by atoms with Crippen molar-refractivity contribution in [3.8, 4) is 0 Å². The van der Waals surface area contributed by atoms with E-state index in [0.717, 1.165) is 24.5 Å². The van der Waals surface area contributed by atoms with Crippen LogP contribution in [0.25, 0.3) is 0 Å². The second-order valence-electron chi connectivity index (χ2n) is 5.53. The lowest BCUT2D eigenvalue weighted by atomic mass is 10.1. The van der Waals surface area contributed by atoms with E-state index in [1.165, 1.54) is 5.56 Å². The standard InChI is InChI=1S/C17H21N3O2/c1-17(21-11-12-22-17)13-19-16-9-10-18-15(20-16)8-7-14-5-3-2-4-6-14/h2-6,9-10H,7-8,11-13H2,1H3,(H,18,19,20). The minimum atomic E-state index is -0.560. The SMILES string of the molecule is CC1(CNc2ccnc(CCc3ccccc3)n2)OCCO1. The first-order chi connectivity index (χ1) is 10.7. The van der Waals surface area contributed by atoms with E-state index in [-0.39, 0.29) is 0 Å². The van der Waals surface area contributed by atoms with E-state index in [1.807, 2.05) is 19.1 Å². The molecule has 1 aliphatic heterocycles. The third kappa shape index (κ3) is 4.02. The summed E-state index contributed by atoms with van der Waals surface area (Å²) in [5.74, 6) is 1.08. The highest BCUT2D eigenvalue weighted by Gasteiger charge is 2.30. The van der Waals surface area contributed by atoms with Gasteiger partial charge in [0.15, 0.2) is 5.79 Å². The van der Waals surface area contributed by atoms with Crippen LogP contribution in [0.1, 0.15) is 18.3 Å². The summed E-state index contributed by atoms with van der Waals surface area (Å²) < 4.78 is 11.1. The molecular formula is C17H21N3O2. The molecule has 22 heavy (non-hydrogen) atoms. The van der Waals surface area contributed by atoms with Crippen molar-refractivity contribution in [3.05, 3.63) is 54.0 Å². The fourth-order valence-electron chi connectivity index (χ4n) is 2.43. The number of aryl methyl sites for hydroxylation is 2. The molecule has 1 saturated heterocycles. The number of benzene rings is 1. The van der Waals surface area contributed by atoms with Gasteiger partial charge in [-0.05, 0) is 25.0 Å². The molecule has 2 aromatic rings. The van der Waals surface area contributed by atoms with Crippen molar-refractivity contribution in [2.24, 2.45) is 0 Å². The van der Waals surface area contributed by atoms with Gasteiger partial charge in [-0.3, -0.25) is 0 Å². The smallest absolute Gasteiger partial charge is 0.182 e. The number of hydrogen-bond donors (Lipinski definition) is 1. The average molecular weight is 299 g/mol. The molecule has 5 nitrogen and oxygen atoms in total. The van der Waals surface area contributed by atoms with E-state index in [9.17, 15) is 0 Å². The molecule has 2 heterocycles. The van der Waals surface area contributed by atoms with Crippen LogP contribution in [0.15, 0.2) is 42.6 Å². The quantitative estimate of drug-likeness (QED) is 0.888. The van der Waals surface area contributed by atoms with E-state index in [1.54, 1.807) is 6.20 Å². The van der Waals surface area contributed by atoms with Gasteiger partial charge in [0.25, 0.3) is 0 Å². The van der Waals surface area contributed by atoms with Crippen molar-refractivity contribution in [2.45, 2.75) is 25.6 Å². The minimum Gasteiger partial charge on any atom is -0.365 e. The highest BCUT2D eigenvalue weighted by molar-refractivity contribution is 5.33. The van der Waals surface area contributed by atoms with Gasteiger partial charge >= 0.3 is 0 Å². The first-order valence-corrected chi connectivity index (χ1v) is 7.61. The van der Waals surface area contributed by atoms with E-state index in [4.69, 9.17) is 9.47 Å². The van der Waals surface area contributed by atoms with Crippen LogP contribution in [0.3, 0.4) is 0 Å². The largest absolute Gasteiger partial charge is 0.365 e. The van der Waals surface area contributed by atoms with Crippen LogP contribution in [0, 0.1) is 0 Å². The maximum Gasteiger partial charge on any atom is 0.182 e. The normalized spacial score (nSPS) is 16.6. The van der Waals surface area contributed by atoms with Crippen LogP contribution in [-0.4, -0.2) is 35.5 Å². The summed E-state index contributed by atoms with van der Waals surface area (Å²) >= 11 is 0. The Balaban J connectivity index is 1.55. The van der Waals surface area contributed by atoms with Gasteiger partial charge in [-0.2, -0.15) is 0 Å². The Morgan fingerprint density at radius 1 is 1.09 bits per heavy atom. The number of aromatic nitrogens is 2. The summed E-state index contributed by atoms with van der Waals surface area (Å²) in [6.07, 6.45) is 3.55. The fourth-order valence-corrected chi connectivity index (χ4v) is 2.43. The van der Waals surface area contributed by atoms with Crippen molar-refractivity contribution >= 4 is 5.82 Å². The van der Waals surface area contributed by atoms with Crippen LogP contribution in [0.2, 0.25) is 0 Å². The maximum atomic E-state index is 5.57. The van der Waals surface area contributed by atoms with Crippen molar-refractivity contribution in [1.82, 2.24) is 9.97 Å². The zero-order valence-corrected chi connectivity index (χ0v) is 12.8.